The molecule has 0 aromatic carbocycles. The quantitative estimate of drug-likeness (QED) is 0.461. The van der Waals surface area contributed by atoms with Crippen LogP contribution in [0.25, 0.3) is 0 Å². The van der Waals surface area contributed by atoms with E-state index in [0.29, 0.717) is 5.92 Å². The van der Waals surface area contributed by atoms with Crippen molar-refractivity contribution in [1.82, 2.24) is 0 Å². The van der Waals surface area contributed by atoms with E-state index in [2.05, 4.69) is 27.7 Å². The van der Waals surface area contributed by atoms with E-state index in [4.69, 9.17) is 11.6 Å². The molecule has 15 heavy (non-hydrogen) atoms. The van der Waals surface area contributed by atoms with Gasteiger partial charge in [-0.1, -0.05) is 59.8 Å². The van der Waals surface area contributed by atoms with Gasteiger partial charge in [-0.3, -0.25) is 0 Å². The van der Waals surface area contributed by atoms with E-state index in [9.17, 15) is 0 Å². The van der Waals surface area contributed by atoms with Gasteiger partial charge in [-0.25, -0.2) is 0 Å². The van der Waals surface area contributed by atoms with Gasteiger partial charge in [-0.05, 0) is 24.2 Å². The summed E-state index contributed by atoms with van der Waals surface area (Å²) in [6.45, 7) is 9.27. The lowest BCUT2D eigenvalue weighted by molar-refractivity contribution is 0.408. The van der Waals surface area contributed by atoms with E-state index < -0.39 is 0 Å². The van der Waals surface area contributed by atoms with E-state index in [1.54, 1.807) is 0 Å². The van der Waals surface area contributed by atoms with Gasteiger partial charge in [0.25, 0.3) is 0 Å². The Labute approximate surface area is 102 Å². The third-order valence-electron chi connectivity index (χ3n) is 3.14. The molecular formula is C14H29Cl. The first-order chi connectivity index (χ1) is 7.06. The van der Waals surface area contributed by atoms with Gasteiger partial charge in [0.15, 0.2) is 0 Å². The molecule has 0 amide bonds. The van der Waals surface area contributed by atoms with Crippen LogP contribution in [0.2, 0.25) is 0 Å². The molecule has 0 fully saturated rings. The molecule has 0 aliphatic rings. The van der Waals surface area contributed by atoms with Crippen molar-refractivity contribution in [3.8, 4) is 0 Å². The number of halogens is 1. The Morgan fingerprint density at radius 1 is 0.733 bits per heavy atom. The van der Waals surface area contributed by atoms with Crippen LogP contribution in [-0.2, 0) is 0 Å². The molecule has 0 aromatic rings. The first-order valence-corrected chi connectivity index (χ1v) is 7.15. The first-order valence-electron chi connectivity index (χ1n) is 6.62. The fourth-order valence-corrected chi connectivity index (χ4v) is 2.07. The minimum atomic E-state index is 0.703. The molecule has 0 rings (SSSR count). The predicted molar refractivity (Wildman–Crippen MR) is 71.6 cm³/mol. The predicted octanol–water partition coefficient (Wildman–Crippen LogP) is 5.49. The van der Waals surface area contributed by atoms with Crippen LogP contribution in [0.15, 0.2) is 0 Å². The highest BCUT2D eigenvalue weighted by atomic mass is 35.5. The molecule has 0 nitrogen and oxygen atoms in total. The van der Waals surface area contributed by atoms with Crippen LogP contribution < -0.4 is 0 Å². The topological polar surface area (TPSA) is 0 Å². The largest absolute Gasteiger partial charge is 0.126 e. The van der Waals surface area contributed by atoms with Gasteiger partial charge in [0, 0.05) is 5.88 Å². The Kier molecular flexibility index (Phi) is 9.70. The molecular weight excluding hydrogens is 204 g/mol. The van der Waals surface area contributed by atoms with Crippen LogP contribution in [-0.4, -0.2) is 5.88 Å². The van der Waals surface area contributed by atoms with E-state index in [1.165, 1.54) is 38.5 Å². The summed E-state index contributed by atoms with van der Waals surface area (Å²) in [5.74, 6) is 3.30. The van der Waals surface area contributed by atoms with Gasteiger partial charge in [-0.2, -0.15) is 0 Å². The Bertz CT molecular complexity index is 131. The van der Waals surface area contributed by atoms with E-state index >= 15 is 0 Å². The molecule has 0 saturated heterocycles. The summed E-state index contributed by atoms with van der Waals surface area (Å²) in [7, 11) is 0. The van der Waals surface area contributed by atoms with Crippen molar-refractivity contribution in [1.29, 1.82) is 0 Å². The molecule has 1 heteroatoms. The summed E-state index contributed by atoms with van der Waals surface area (Å²) >= 11 is 5.79. The molecule has 0 heterocycles. The highest BCUT2D eigenvalue weighted by Crippen LogP contribution is 2.19. The van der Waals surface area contributed by atoms with E-state index in [-0.39, 0.29) is 0 Å². The molecule has 0 unspecified atom stereocenters. The number of rotatable bonds is 9. The second-order valence-corrected chi connectivity index (χ2v) is 5.93. The molecule has 0 bridgehead atoms. The van der Waals surface area contributed by atoms with Crippen LogP contribution in [0.3, 0.4) is 0 Å². The van der Waals surface area contributed by atoms with Crippen molar-refractivity contribution in [2.75, 3.05) is 5.88 Å². The van der Waals surface area contributed by atoms with Crippen molar-refractivity contribution in [3.63, 3.8) is 0 Å². The monoisotopic (exact) mass is 232 g/mol. The van der Waals surface area contributed by atoms with Crippen molar-refractivity contribution >= 4 is 11.6 Å². The van der Waals surface area contributed by atoms with Crippen LogP contribution in [0.5, 0.6) is 0 Å². The molecule has 0 saturated carbocycles. The molecule has 0 radical (unpaired) electrons. The van der Waals surface area contributed by atoms with Crippen LogP contribution in [0, 0.1) is 17.8 Å². The summed E-state index contributed by atoms with van der Waals surface area (Å²) in [6, 6.07) is 0. The fourth-order valence-electron chi connectivity index (χ4n) is 1.91. The lowest BCUT2D eigenvalue weighted by Gasteiger charge is -2.13. The normalized spacial score (nSPS) is 15.6. The second kappa shape index (κ2) is 9.51. The zero-order valence-electron chi connectivity index (χ0n) is 11.1. The first kappa shape index (κ1) is 15.3. The third-order valence-corrected chi connectivity index (χ3v) is 3.66. The van der Waals surface area contributed by atoms with Crippen LogP contribution in [0.4, 0.5) is 0 Å². The molecule has 0 spiro atoms. The zero-order chi connectivity index (χ0) is 11.7. The average Bonchev–Trinajstić information content (AvgIpc) is 2.17. The molecule has 0 aliphatic heterocycles. The number of hydrogen-bond acceptors (Lipinski definition) is 0. The third kappa shape index (κ3) is 10.6. The molecule has 92 valence electrons. The maximum atomic E-state index is 5.79. The summed E-state index contributed by atoms with van der Waals surface area (Å²) in [5.41, 5.74) is 0. The van der Waals surface area contributed by atoms with Gasteiger partial charge in [0.05, 0.1) is 0 Å². The van der Waals surface area contributed by atoms with Crippen molar-refractivity contribution in [2.45, 2.75) is 66.2 Å². The lowest BCUT2D eigenvalue weighted by Crippen LogP contribution is -2.00. The summed E-state index contributed by atoms with van der Waals surface area (Å²) in [5, 5.41) is 0. The van der Waals surface area contributed by atoms with Gasteiger partial charge in [-0.15, -0.1) is 11.6 Å². The standard InChI is InChI=1S/C14H29Cl/c1-12(2)7-5-8-13(3)9-6-10-14(4)11-15/h12-14H,5-11H2,1-4H3/t13-,14-/m1/s1. The number of hydrogen-bond donors (Lipinski definition) is 0. The minimum absolute atomic E-state index is 0.703. The SMILES string of the molecule is CC(C)CCC[C@@H](C)CCC[C@@H](C)CCl. The molecule has 2 atom stereocenters. The summed E-state index contributed by atoms with van der Waals surface area (Å²) in [4.78, 5) is 0. The van der Waals surface area contributed by atoms with E-state index in [1.807, 2.05) is 0 Å². The van der Waals surface area contributed by atoms with E-state index in [0.717, 1.165) is 17.7 Å². The second-order valence-electron chi connectivity index (χ2n) is 5.62. The van der Waals surface area contributed by atoms with Crippen molar-refractivity contribution in [2.24, 2.45) is 17.8 Å². The summed E-state index contributed by atoms with van der Waals surface area (Å²) < 4.78 is 0. The van der Waals surface area contributed by atoms with Crippen molar-refractivity contribution < 1.29 is 0 Å². The molecule has 0 N–H and O–H groups in total. The highest BCUT2D eigenvalue weighted by molar-refractivity contribution is 6.18. The average molecular weight is 233 g/mol. The van der Waals surface area contributed by atoms with Crippen LogP contribution >= 0.6 is 11.6 Å². The van der Waals surface area contributed by atoms with Gasteiger partial charge < -0.3 is 0 Å². The lowest BCUT2D eigenvalue weighted by atomic mass is 9.94. The Morgan fingerprint density at radius 2 is 1.20 bits per heavy atom. The molecule has 0 aliphatic carbocycles. The fraction of sp³-hybridized carbons (Fsp3) is 1.00. The Morgan fingerprint density at radius 3 is 1.67 bits per heavy atom. The zero-order valence-corrected chi connectivity index (χ0v) is 11.8. The summed E-state index contributed by atoms with van der Waals surface area (Å²) in [6.07, 6.45) is 8.26. The van der Waals surface area contributed by atoms with Crippen LogP contribution in [0.1, 0.15) is 66.2 Å². The Balaban J connectivity index is 3.29. The number of alkyl halides is 1. The van der Waals surface area contributed by atoms with Gasteiger partial charge >= 0.3 is 0 Å². The minimum Gasteiger partial charge on any atom is -0.126 e. The molecule has 0 aromatic heterocycles. The Hall–Kier alpha value is 0.290. The maximum absolute atomic E-state index is 5.79. The maximum Gasteiger partial charge on any atom is 0.0249 e. The van der Waals surface area contributed by atoms with Gasteiger partial charge in [0.1, 0.15) is 0 Å². The van der Waals surface area contributed by atoms with Crippen molar-refractivity contribution in [3.05, 3.63) is 0 Å². The highest BCUT2D eigenvalue weighted by Gasteiger charge is 2.05. The van der Waals surface area contributed by atoms with Gasteiger partial charge in [0.2, 0.25) is 0 Å². The smallest absolute Gasteiger partial charge is 0.0249 e.